The maximum atomic E-state index is 11.1. The van der Waals surface area contributed by atoms with Crippen LogP contribution in [0.4, 0.5) is 0 Å². The van der Waals surface area contributed by atoms with Crippen molar-refractivity contribution in [2.75, 3.05) is 7.11 Å². The summed E-state index contributed by atoms with van der Waals surface area (Å²) in [6, 6.07) is 1.54. The molecule has 0 amide bonds. The third kappa shape index (κ3) is 1.90. The van der Waals surface area contributed by atoms with Crippen LogP contribution in [0.3, 0.4) is 0 Å². The number of aromatic nitrogens is 1. The van der Waals surface area contributed by atoms with Gasteiger partial charge in [0.1, 0.15) is 5.69 Å². The third-order valence-corrected chi connectivity index (χ3v) is 1.66. The molecule has 0 aromatic carbocycles. The Balaban J connectivity index is 3.12. The average Bonchev–Trinajstić information content (AvgIpc) is 2.16. The van der Waals surface area contributed by atoms with E-state index in [1.54, 1.807) is 13.0 Å². The minimum Gasteiger partial charge on any atom is -0.465 e. The lowest BCUT2D eigenvalue weighted by atomic mass is 10.1. The molecule has 0 unspecified atom stereocenters. The molecule has 0 N–H and O–H groups in total. The van der Waals surface area contributed by atoms with Gasteiger partial charge in [-0.25, -0.2) is 4.79 Å². The molecule has 0 bridgehead atoms. The van der Waals surface area contributed by atoms with E-state index < -0.39 is 5.97 Å². The number of hydrogen-bond acceptors (Lipinski definition) is 4. The molecule has 0 radical (unpaired) electrons. The van der Waals surface area contributed by atoms with Crippen molar-refractivity contribution in [2.45, 2.75) is 6.92 Å². The van der Waals surface area contributed by atoms with E-state index >= 15 is 0 Å². The van der Waals surface area contributed by atoms with Gasteiger partial charge in [0, 0.05) is 6.20 Å². The number of pyridine rings is 1. The first kappa shape index (κ1) is 9.38. The van der Waals surface area contributed by atoms with E-state index in [0.717, 1.165) is 0 Å². The summed E-state index contributed by atoms with van der Waals surface area (Å²) in [7, 11) is 1.30. The van der Waals surface area contributed by atoms with E-state index in [1.165, 1.54) is 13.3 Å². The van der Waals surface area contributed by atoms with Crippen molar-refractivity contribution in [1.29, 1.82) is 0 Å². The van der Waals surface area contributed by atoms with Crippen LogP contribution in [0.25, 0.3) is 0 Å². The lowest BCUT2D eigenvalue weighted by Gasteiger charge is -2.02. The van der Waals surface area contributed by atoms with Gasteiger partial charge < -0.3 is 4.74 Å². The zero-order valence-electron chi connectivity index (χ0n) is 7.40. The van der Waals surface area contributed by atoms with E-state index in [4.69, 9.17) is 0 Å². The maximum Gasteiger partial charge on any atom is 0.339 e. The summed E-state index contributed by atoms with van der Waals surface area (Å²) >= 11 is 0. The van der Waals surface area contributed by atoms with E-state index in [0.29, 0.717) is 23.1 Å². The van der Waals surface area contributed by atoms with Crippen LogP contribution in [0.2, 0.25) is 0 Å². The molecule has 4 heteroatoms. The van der Waals surface area contributed by atoms with Gasteiger partial charge in [-0.05, 0) is 18.6 Å². The lowest BCUT2D eigenvalue weighted by molar-refractivity contribution is 0.0599. The van der Waals surface area contributed by atoms with Crippen molar-refractivity contribution >= 4 is 12.3 Å². The van der Waals surface area contributed by atoms with Gasteiger partial charge in [-0.1, -0.05) is 0 Å². The number of methoxy groups -OCH3 is 1. The third-order valence-electron chi connectivity index (χ3n) is 1.66. The molecule has 68 valence electrons. The zero-order valence-corrected chi connectivity index (χ0v) is 7.40. The van der Waals surface area contributed by atoms with Crippen LogP contribution in [0, 0.1) is 6.92 Å². The fraction of sp³-hybridized carbons (Fsp3) is 0.222. The van der Waals surface area contributed by atoms with Crippen molar-refractivity contribution in [3.8, 4) is 0 Å². The van der Waals surface area contributed by atoms with Crippen LogP contribution in [0.5, 0.6) is 0 Å². The number of esters is 1. The molecule has 0 aliphatic heterocycles. The highest BCUT2D eigenvalue weighted by molar-refractivity contribution is 5.91. The molecule has 0 aliphatic carbocycles. The van der Waals surface area contributed by atoms with E-state index in [2.05, 4.69) is 9.72 Å². The highest BCUT2D eigenvalue weighted by Gasteiger charge is 2.09. The fourth-order valence-electron chi connectivity index (χ4n) is 0.966. The van der Waals surface area contributed by atoms with Crippen molar-refractivity contribution in [3.63, 3.8) is 0 Å². The minimum atomic E-state index is -0.442. The van der Waals surface area contributed by atoms with E-state index in [-0.39, 0.29) is 0 Å². The standard InChI is InChI=1S/C9H9NO3/c1-6-3-7(5-11)10-4-8(6)9(12)13-2/h3-5H,1-2H3. The fourth-order valence-corrected chi connectivity index (χ4v) is 0.966. The van der Waals surface area contributed by atoms with Crippen molar-refractivity contribution in [1.82, 2.24) is 4.98 Å². The van der Waals surface area contributed by atoms with E-state index in [9.17, 15) is 9.59 Å². The predicted octanol–water partition coefficient (Wildman–Crippen LogP) is 0.989. The van der Waals surface area contributed by atoms with Crippen molar-refractivity contribution < 1.29 is 14.3 Å². The van der Waals surface area contributed by atoms with Crippen LogP contribution in [-0.2, 0) is 4.74 Å². The number of nitrogens with zero attached hydrogens (tertiary/aromatic N) is 1. The van der Waals surface area contributed by atoms with Crippen LogP contribution >= 0.6 is 0 Å². The Labute approximate surface area is 75.5 Å². The quantitative estimate of drug-likeness (QED) is 0.501. The van der Waals surface area contributed by atoms with E-state index in [1.807, 2.05) is 0 Å². The van der Waals surface area contributed by atoms with Gasteiger partial charge in [0.25, 0.3) is 0 Å². The minimum absolute atomic E-state index is 0.310. The molecular weight excluding hydrogens is 170 g/mol. The molecule has 1 heterocycles. The molecule has 0 atom stereocenters. The van der Waals surface area contributed by atoms with Gasteiger partial charge in [-0.15, -0.1) is 0 Å². The van der Waals surface area contributed by atoms with Crippen LogP contribution in [0.1, 0.15) is 26.4 Å². The Morgan fingerprint density at radius 1 is 1.62 bits per heavy atom. The van der Waals surface area contributed by atoms with Crippen LogP contribution in [-0.4, -0.2) is 24.3 Å². The molecule has 13 heavy (non-hydrogen) atoms. The highest BCUT2D eigenvalue weighted by atomic mass is 16.5. The molecule has 0 fully saturated rings. The maximum absolute atomic E-state index is 11.1. The number of carbonyl (C=O) groups excluding carboxylic acids is 2. The van der Waals surface area contributed by atoms with Gasteiger partial charge in [0.05, 0.1) is 12.7 Å². The second-order valence-corrected chi connectivity index (χ2v) is 2.53. The van der Waals surface area contributed by atoms with Gasteiger partial charge in [0.2, 0.25) is 0 Å². The summed E-state index contributed by atoms with van der Waals surface area (Å²) in [6.45, 7) is 1.72. The molecular formula is C9H9NO3. The molecule has 0 spiro atoms. The van der Waals surface area contributed by atoms with Gasteiger partial charge in [0.15, 0.2) is 6.29 Å². The number of rotatable bonds is 2. The van der Waals surface area contributed by atoms with Gasteiger partial charge in [-0.2, -0.15) is 0 Å². The molecule has 1 aromatic heterocycles. The Bertz CT molecular complexity index is 347. The summed E-state index contributed by atoms with van der Waals surface area (Å²) in [6.07, 6.45) is 1.97. The Hall–Kier alpha value is -1.71. The van der Waals surface area contributed by atoms with Crippen molar-refractivity contribution in [2.24, 2.45) is 0 Å². The molecule has 1 aromatic rings. The largest absolute Gasteiger partial charge is 0.465 e. The zero-order chi connectivity index (χ0) is 9.84. The Kier molecular flexibility index (Phi) is 2.74. The second kappa shape index (κ2) is 3.80. The predicted molar refractivity (Wildman–Crippen MR) is 45.7 cm³/mol. The normalized spacial score (nSPS) is 9.38. The number of carbonyl (C=O) groups is 2. The summed E-state index contributed by atoms with van der Waals surface area (Å²) in [5.41, 5.74) is 1.38. The van der Waals surface area contributed by atoms with Crippen molar-refractivity contribution in [3.05, 3.63) is 29.1 Å². The first-order chi connectivity index (χ1) is 6.19. The van der Waals surface area contributed by atoms with Gasteiger partial charge in [-0.3, -0.25) is 9.78 Å². The summed E-state index contributed by atoms with van der Waals surface area (Å²) < 4.78 is 4.52. The number of aryl methyl sites for hydroxylation is 1. The molecule has 0 aliphatic rings. The monoisotopic (exact) mass is 179 g/mol. The van der Waals surface area contributed by atoms with Gasteiger partial charge >= 0.3 is 5.97 Å². The molecule has 4 nitrogen and oxygen atoms in total. The summed E-state index contributed by atoms with van der Waals surface area (Å²) in [5.74, 6) is -0.442. The Morgan fingerprint density at radius 2 is 2.31 bits per heavy atom. The summed E-state index contributed by atoms with van der Waals surface area (Å²) in [4.78, 5) is 25.2. The van der Waals surface area contributed by atoms with Crippen LogP contribution in [0.15, 0.2) is 12.3 Å². The number of aldehydes is 1. The van der Waals surface area contributed by atoms with Crippen LogP contribution < -0.4 is 0 Å². The number of hydrogen-bond donors (Lipinski definition) is 0. The number of ether oxygens (including phenoxy) is 1. The Morgan fingerprint density at radius 3 is 2.77 bits per heavy atom. The summed E-state index contributed by atoms with van der Waals surface area (Å²) in [5, 5.41) is 0. The molecule has 0 saturated carbocycles. The first-order valence-corrected chi connectivity index (χ1v) is 3.69. The smallest absolute Gasteiger partial charge is 0.339 e. The second-order valence-electron chi connectivity index (χ2n) is 2.53. The molecule has 0 saturated heterocycles. The lowest BCUT2D eigenvalue weighted by Crippen LogP contribution is -2.05. The average molecular weight is 179 g/mol. The first-order valence-electron chi connectivity index (χ1n) is 3.69. The highest BCUT2D eigenvalue weighted by Crippen LogP contribution is 2.08. The topological polar surface area (TPSA) is 56.3 Å². The SMILES string of the molecule is COC(=O)c1cnc(C=O)cc1C. The molecule has 1 rings (SSSR count).